The van der Waals surface area contributed by atoms with Gasteiger partial charge in [-0.05, 0) is 29.7 Å². The molecule has 0 spiro atoms. The van der Waals surface area contributed by atoms with Gasteiger partial charge < -0.3 is 9.80 Å². The Morgan fingerprint density at radius 1 is 1.09 bits per heavy atom. The highest BCUT2D eigenvalue weighted by Gasteiger charge is 2.35. The summed E-state index contributed by atoms with van der Waals surface area (Å²) in [5, 5.41) is 0. The number of nitrogens with zero attached hydrogens (tertiary/aromatic N) is 2. The molecule has 0 bridgehead atoms. The Balaban J connectivity index is 1.45. The summed E-state index contributed by atoms with van der Waals surface area (Å²) in [5.41, 5.74) is 3.15. The Kier molecular flexibility index (Phi) is 3.52. The number of hydrogen-bond donors (Lipinski definition) is 0. The fraction of sp³-hybridized carbons (Fsp3) is 0.316. The fourth-order valence-corrected chi connectivity index (χ4v) is 3.71. The second-order valence-corrected chi connectivity index (χ2v) is 6.29. The van der Waals surface area contributed by atoms with Crippen molar-refractivity contribution >= 4 is 11.6 Å². The van der Waals surface area contributed by atoms with E-state index in [2.05, 4.69) is 29.2 Å². The largest absolute Gasteiger partial charge is 0.364 e. The summed E-state index contributed by atoms with van der Waals surface area (Å²) in [6, 6.07) is 15.3. The molecule has 0 N–H and O–H groups in total. The van der Waals surface area contributed by atoms with Crippen molar-refractivity contribution in [3.8, 4) is 0 Å². The van der Waals surface area contributed by atoms with Gasteiger partial charge in [0.25, 0.3) is 0 Å². The lowest BCUT2D eigenvalue weighted by Crippen LogP contribution is -2.54. The van der Waals surface area contributed by atoms with Gasteiger partial charge in [0.15, 0.2) is 0 Å². The minimum Gasteiger partial charge on any atom is -0.364 e. The van der Waals surface area contributed by atoms with Crippen LogP contribution in [0.5, 0.6) is 0 Å². The molecule has 2 aliphatic heterocycles. The zero-order valence-electron chi connectivity index (χ0n) is 12.9. The Morgan fingerprint density at radius 3 is 2.74 bits per heavy atom. The predicted molar refractivity (Wildman–Crippen MR) is 88.0 cm³/mol. The highest BCUT2D eigenvalue weighted by molar-refractivity contribution is 5.79. The summed E-state index contributed by atoms with van der Waals surface area (Å²) in [6.07, 6.45) is 1.13. The van der Waals surface area contributed by atoms with E-state index >= 15 is 0 Å². The van der Waals surface area contributed by atoms with Crippen molar-refractivity contribution in [1.29, 1.82) is 0 Å². The molecule has 0 aliphatic carbocycles. The van der Waals surface area contributed by atoms with Crippen LogP contribution in [-0.4, -0.2) is 36.5 Å². The predicted octanol–water partition coefficient (Wildman–Crippen LogP) is 2.64. The van der Waals surface area contributed by atoms with Crippen LogP contribution in [-0.2, 0) is 17.6 Å². The smallest absolute Gasteiger partial charge is 0.227 e. The first kappa shape index (κ1) is 14.2. The molecule has 4 heteroatoms. The molecule has 1 amide bonds. The van der Waals surface area contributed by atoms with Crippen LogP contribution in [0.3, 0.4) is 0 Å². The summed E-state index contributed by atoms with van der Waals surface area (Å²) in [6.45, 7) is 2.28. The maximum absolute atomic E-state index is 13.7. The van der Waals surface area contributed by atoms with Gasteiger partial charge in [0, 0.05) is 25.3 Å². The number of fused-ring (bicyclic) bond motifs is 3. The number of carbonyl (C=O) groups is 1. The number of benzene rings is 2. The molecule has 1 saturated heterocycles. The molecular weight excluding hydrogens is 291 g/mol. The van der Waals surface area contributed by atoms with Crippen LogP contribution in [0.1, 0.15) is 11.1 Å². The van der Waals surface area contributed by atoms with Gasteiger partial charge in [-0.3, -0.25) is 4.79 Å². The van der Waals surface area contributed by atoms with E-state index in [9.17, 15) is 9.18 Å². The van der Waals surface area contributed by atoms with Gasteiger partial charge in [0.2, 0.25) is 5.91 Å². The molecule has 0 radical (unpaired) electrons. The van der Waals surface area contributed by atoms with Crippen LogP contribution in [0.2, 0.25) is 0 Å². The van der Waals surface area contributed by atoms with Crippen molar-refractivity contribution in [2.75, 3.05) is 24.5 Å². The van der Waals surface area contributed by atoms with E-state index in [4.69, 9.17) is 0 Å². The van der Waals surface area contributed by atoms with Crippen LogP contribution in [0, 0.1) is 5.82 Å². The Hall–Kier alpha value is -2.36. The van der Waals surface area contributed by atoms with Crippen molar-refractivity contribution in [3.05, 3.63) is 65.5 Å². The van der Waals surface area contributed by atoms with Crippen molar-refractivity contribution in [2.45, 2.75) is 18.9 Å². The highest BCUT2D eigenvalue weighted by atomic mass is 19.1. The van der Waals surface area contributed by atoms with Gasteiger partial charge >= 0.3 is 0 Å². The number of anilines is 1. The van der Waals surface area contributed by atoms with E-state index in [1.54, 1.807) is 18.2 Å². The number of hydrogen-bond acceptors (Lipinski definition) is 2. The normalized spacial score (nSPS) is 19.4. The van der Waals surface area contributed by atoms with Crippen molar-refractivity contribution in [2.24, 2.45) is 0 Å². The standard InChI is InChI=1S/C19H19FN2O/c20-17-7-3-1-5-14(17)12-19(23)21-9-10-22-16(13-21)11-15-6-2-4-8-18(15)22/h1-8,16H,9-13H2. The molecule has 2 heterocycles. The zero-order valence-corrected chi connectivity index (χ0v) is 12.9. The summed E-state index contributed by atoms with van der Waals surface area (Å²) in [5.74, 6) is -0.279. The maximum atomic E-state index is 13.7. The van der Waals surface area contributed by atoms with Crippen molar-refractivity contribution in [1.82, 2.24) is 4.90 Å². The van der Waals surface area contributed by atoms with Crippen molar-refractivity contribution in [3.63, 3.8) is 0 Å². The maximum Gasteiger partial charge on any atom is 0.227 e. The molecule has 0 aromatic heterocycles. The van der Waals surface area contributed by atoms with Crippen LogP contribution in [0.25, 0.3) is 0 Å². The molecule has 1 unspecified atom stereocenters. The summed E-state index contributed by atoms with van der Waals surface area (Å²) in [4.78, 5) is 16.8. The van der Waals surface area contributed by atoms with E-state index in [1.165, 1.54) is 17.3 Å². The van der Waals surface area contributed by atoms with Crippen LogP contribution in [0.15, 0.2) is 48.5 Å². The molecule has 118 valence electrons. The summed E-state index contributed by atoms with van der Waals surface area (Å²) in [7, 11) is 0. The third kappa shape index (κ3) is 2.58. The minimum absolute atomic E-state index is 0.0192. The number of rotatable bonds is 2. The average Bonchev–Trinajstić information content (AvgIpc) is 2.94. The van der Waals surface area contributed by atoms with E-state index in [-0.39, 0.29) is 18.1 Å². The van der Waals surface area contributed by atoms with Crippen molar-refractivity contribution < 1.29 is 9.18 Å². The third-order valence-electron chi connectivity index (χ3n) is 4.89. The first-order valence-electron chi connectivity index (χ1n) is 8.08. The monoisotopic (exact) mass is 310 g/mol. The van der Waals surface area contributed by atoms with E-state index < -0.39 is 0 Å². The van der Waals surface area contributed by atoms with Gasteiger partial charge in [0.1, 0.15) is 5.82 Å². The molecule has 23 heavy (non-hydrogen) atoms. The van der Waals surface area contributed by atoms with Crippen LogP contribution >= 0.6 is 0 Å². The molecule has 1 atom stereocenters. The SMILES string of the molecule is O=C(Cc1ccccc1F)N1CCN2c3ccccc3CC2C1. The first-order valence-corrected chi connectivity index (χ1v) is 8.08. The molecule has 2 aromatic carbocycles. The van der Waals surface area contributed by atoms with Gasteiger partial charge in [-0.15, -0.1) is 0 Å². The molecule has 3 nitrogen and oxygen atoms in total. The summed E-state index contributed by atoms with van der Waals surface area (Å²) < 4.78 is 13.7. The van der Waals surface area contributed by atoms with Gasteiger partial charge in [0.05, 0.1) is 12.5 Å². The quantitative estimate of drug-likeness (QED) is 0.851. The molecular formula is C19H19FN2O. The van der Waals surface area contributed by atoms with Crippen LogP contribution < -0.4 is 4.90 Å². The Morgan fingerprint density at radius 2 is 1.87 bits per heavy atom. The lowest BCUT2D eigenvalue weighted by Gasteiger charge is -2.39. The summed E-state index contributed by atoms with van der Waals surface area (Å²) >= 11 is 0. The van der Waals surface area contributed by atoms with E-state index in [1.807, 2.05) is 4.90 Å². The number of carbonyl (C=O) groups excluding carboxylic acids is 1. The zero-order chi connectivity index (χ0) is 15.8. The minimum atomic E-state index is -0.298. The Labute approximate surface area is 135 Å². The van der Waals surface area contributed by atoms with E-state index in [0.717, 1.165) is 19.5 Å². The first-order chi connectivity index (χ1) is 11.2. The molecule has 2 aliphatic rings. The second kappa shape index (κ2) is 5.69. The molecule has 4 rings (SSSR count). The van der Waals surface area contributed by atoms with Gasteiger partial charge in [-0.25, -0.2) is 4.39 Å². The molecule has 1 fully saturated rings. The number of amides is 1. The average molecular weight is 310 g/mol. The topological polar surface area (TPSA) is 23.6 Å². The number of para-hydroxylation sites is 1. The number of halogens is 1. The lowest BCUT2D eigenvalue weighted by atomic mass is 10.1. The fourth-order valence-electron chi connectivity index (χ4n) is 3.71. The second-order valence-electron chi connectivity index (χ2n) is 6.29. The highest BCUT2D eigenvalue weighted by Crippen LogP contribution is 2.33. The molecule has 2 aromatic rings. The van der Waals surface area contributed by atoms with Gasteiger partial charge in [-0.1, -0.05) is 36.4 Å². The third-order valence-corrected chi connectivity index (χ3v) is 4.89. The Bertz CT molecular complexity index is 746. The van der Waals surface area contributed by atoms with Crippen LogP contribution in [0.4, 0.5) is 10.1 Å². The lowest BCUT2D eigenvalue weighted by molar-refractivity contribution is -0.131. The van der Waals surface area contributed by atoms with E-state index in [0.29, 0.717) is 18.2 Å². The molecule has 0 saturated carbocycles. The van der Waals surface area contributed by atoms with Gasteiger partial charge in [-0.2, -0.15) is 0 Å². The number of piperazine rings is 1.